The predicted molar refractivity (Wildman–Crippen MR) is 77.5 cm³/mol. The third-order valence-corrected chi connectivity index (χ3v) is 2.82. The van der Waals surface area contributed by atoms with Crippen molar-refractivity contribution in [3.8, 4) is 0 Å². The third-order valence-electron chi connectivity index (χ3n) is 2.58. The summed E-state index contributed by atoms with van der Waals surface area (Å²) in [6.45, 7) is 0. The van der Waals surface area contributed by atoms with Crippen LogP contribution >= 0.6 is 11.6 Å². The molecule has 0 bridgehead atoms. The summed E-state index contributed by atoms with van der Waals surface area (Å²) in [4.78, 5) is 22.8. The zero-order valence-corrected chi connectivity index (χ0v) is 11.3. The molecule has 21 heavy (non-hydrogen) atoms. The molecule has 5 nitrogen and oxygen atoms in total. The first-order valence-corrected chi connectivity index (χ1v) is 6.20. The molecule has 0 fully saturated rings. The highest BCUT2D eigenvalue weighted by atomic mass is 35.5. The highest BCUT2D eigenvalue weighted by molar-refractivity contribution is 6.31. The van der Waals surface area contributed by atoms with Crippen LogP contribution in [0.1, 0.15) is 10.4 Å². The van der Waals surface area contributed by atoms with E-state index in [2.05, 4.69) is 10.6 Å². The molecule has 2 aromatic rings. The third kappa shape index (κ3) is 3.70. The molecule has 0 aliphatic rings. The summed E-state index contributed by atoms with van der Waals surface area (Å²) in [5.41, 5.74) is -0.124. The number of urea groups is 1. The topological polar surface area (TPSA) is 78.4 Å². The van der Waals surface area contributed by atoms with E-state index in [0.717, 1.165) is 0 Å². The fourth-order valence-corrected chi connectivity index (χ4v) is 1.82. The van der Waals surface area contributed by atoms with E-state index in [-0.39, 0.29) is 22.0 Å². The van der Waals surface area contributed by atoms with Gasteiger partial charge < -0.3 is 15.7 Å². The largest absolute Gasteiger partial charge is 0.478 e. The van der Waals surface area contributed by atoms with Crippen LogP contribution in [0.4, 0.5) is 20.6 Å². The molecule has 0 radical (unpaired) electrons. The van der Waals surface area contributed by atoms with Gasteiger partial charge in [-0.1, -0.05) is 23.7 Å². The summed E-state index contributed by atoms with van der Waals surface area (Å²) in [5.74, 6) is -1.81. The maximum absolute atomic E-state index is 13.4. The van der Waals surface area contributed by atoms with Crippen LogP contribution in [0.25, 0.3) is 0 Å². The number of anilines is 2. The van der Waals surface area contributed by atoms with E-state index in [1.165, 1.54) is 36.4 Å². The van der Waals surface area contributed by atoms with Gasteiger partial charge >= 0.3 is 12.0 Å². The Hall–Kier alpha value is -2.60. The maximum atomic E-state index is 13.4. The molecule has 0 aliphatic heterocycles. The standard InChI is InChI=1S/C14H10ClFN2O3/c15-8-5-6-9(13(19)20)12(7-8)18-14(21)17-11-4-2-1-3-10(11)16/h1-7H,(H,19,20)(H2,17,18,21). The molecule has 0 aliphatic carbocycles. The zero-order valence-electron chi connectivity index (χ0n) is 10.6. The zero-order chi connectivity index (χ0) is 15.4. The van der Waals surface area contributed by atoms with Crippen molar-refractivity contribution >= 4 is 35.0 Å². The van der Waals surface area contributed by atoms with Gasteiger partial charge in [-0.15, -0.1) is 0 Å². The van der Waals surface area contributed by atoms with Gasteiger partial charge in [0, 0.05) is 5.02 Å². The number of hydrogen-bond donors (Lipinski definition) is 3. The van der Waals surface area contributed by atoms with Gasteiger partial charge in [0.25, 0.3) is 0 Å². The molecule has 0 aromatic heterocycles. The van der Waals surface area contributed by atoms with Gasteiger partial charge in [-0.05, 0) is 30.3 Å². The lowest BCUT2D eigenvalue weighted by Crippen LogP contribution is -2.21. The summed E-state index contributed by atoms with van der Waals surface area (Å²) < 4.78 is 13.4. The van der Waals surface area contributed by atoms with Crippen molar-refractivity contribution in [3.63, 3.8) is 0 Å². The van der Waals surface area contributed by atoms with Crippen molar-refractivity contribution in [1.29, 1.82) is 0 Å². The van der Waals surface area contributed by atoms with Crippen molar-refractivity contribution in [2.45, 2.75) is 0 Å². The number of aromatic carboxylic acids is 1. The average molecular weight is 309 g/mol. The lowest BCUT2D eigenvalue weighted by Gasteiger charge is -2.10. The van der Waals surface area contributed by atoms with Crippen molar-refractivity contribution in [1.82, 2.24) is 0 Å². The van der Waals surface area contributed by atoms with Gasteiger partial charge in [-0.25, -0.2) is 14.0 Å². The van der Waals surface area contributed by atoms with E-state index >= 15 is 0 Å². The first-order valence-electron chi connectivity index (χ1n) is 5.83. The Morgan fingerprint density at radius 3 is 2.38 bits per heavy atom. The van der Waals surface area contributed by atoms with Crippen LogP contribution < -0.4 is 10.6 Å². The molecule has 0 unspecified atom stereocenters. The summed E-state index contributed by atoms with van der Waals surface area (Å²) in [7, 11) is 0. The number of para-hydroxylation sites is 1. The predicted octanol–water partition coefficient (Wildman–Crippen LogP) is 3.82. The molecule has 108 valence electrons. The molecule has 0 saturated heterocycles. The second kappa shape index (κ2) is 6.23. The van der Waals surface area contributed by atoms with Gasteiger partial charge in [0.05, 0.1) is 16.9 Å². The molecule has 3 N–H and O–H groups in total. The van der Waals surface area contributed by atoms with E-state index in [1.54, 1.807) is 6.07 Å². The van der Waals surface area contributed by atoms with E-state index in [1.807, 2.05) is 0 Å². The van der Waals surface area contributed by atoms with Crippen LogP contribution in [0.3, 0.4) is 0 Å². The second-order valence-electron chi connectivity index (χ2n) is 4.05. The normalized spacial score (nSPS) is 10.0. The van der Waals surface area contributed by atoms with Gasteiger partial charge in [0.1, 0.15) is 5.82 Å². The maximum Gasteiger partial charge on any atom is 0.337 e. The number of rotatable bonds is 3. The first-order chi connectivity index (χ1) is 9.97. The molecule has 0 spiro atoms. The molecule has 2 amide bonds. The van der Waals surface area contributed by atoms with Crippen LogP contribution in [0, 0.1) is 5.82 Å². The number of carbonyl (C=O) groups is 2. The molecular formula is C14H10ClFN2O3. The highest BCUT2D eigenvalue weighted by Crippen LogP contribution is 2.21. The van der Waals surface area contributed by atoms with Crippen LogP contribution in [-0.4, -0.2) is 17.1 Å². The number of carboxylic acids is 1. The fraction of sp³-hybridized carbons (Fsp3) is 0. The Morgan fingerprint density at radius 1 is 1.05 bits per heavy atom. The minimum atomic E-state index is -1.21. The van der Waals surface area contributed by atoms with E-state index in [0.29, 0.717) is 0 Å². The molecule has 2 aromatic carbocycles. The van der Waals surface area contributed by atoms with Crippen molar-refractivity contribution in [2.24, 2.45) is 0 Å². The molecule has 7 heteroatoms. The molecule has 0 saturated carbocycles. The molecule has 0 heterocycles. The van der Waals surface area contributed by atoms with Crippen LogP contribution in [0.2, 0.25) is 5.02 Å². The number of halogens is 2. The molecule has 2 rings (SSSR count). The number of amides is 2. The molecule has 0 atom stereocenters. The van der Waals surface area contributed by atoms with Crippen molar-refractivity contribution in [3.05, 3.63) is 58.9 Å². The van der Waals surface area contributed by atoms with Gasteiger partial charge in [0.15, 0.2) is 0 Å². The number of nitrogens with one attached hydrogen (secondary N) is 2. The Bertz CT molecular complexity index is 706. The fourth-order valence-electron chi connectivity index (χ4n) is 1.64. The average Bonchev–Trinajstić information content (AvgIpc) is 2.41. The molecular weight excluding hydrogens is 299 g/mol. The highest BCUT2D eigenvalue weighted by Gasteiger charge is 2.13. The monoisotopic (exact) mass is 308 g/mol. The summed E-state index contributed by atoms with van der Waals surface area (Å²) in [6.07, 6.45) is 0. The van der Waals surface area contributed by atoms with Crippen LogP contribution in [0.5, 0.6) is 0 Å². The number of benzene rings is 2. The summed E-state index contributed by atoms with van der Waals surface area (Å²) in [5, 5.41) is 13.9. The first kappa shape index (κ1) is 14.8. The van der Waals surface area contributed by atoms with E-state index in [9.17, 15) is 14.0 Å². The van der Waals surface area contributed by atoms with E-state index in [4.69, 9.17) is 16.7 Å². The lowest BCUT2D eigenvalue weighted by molar-refractivity contribution is 0.0698. The Morgan fingerprint density at radius 2 is 1.71 bits per heavy atom. The van der Waals surface area contributed by atoms with Gasteiger partial charge in [-0.2, -0.15) is 0 Å². The van der Waals surface area contributed by atoms with Crippen LogP contribution in [-0.2, 0) is 0 Å². The van der Waals surface area contributed by atoms with Gasteiger partial charge in [-0.3, -0.25) is 0 Å². The summed E-state index contributed by atoms with van der Waals surface area (Å²) >= 11 is 5.77. The number of carbonyl (C=O) groups excluding carboxylic acids is 1. The van der Waals surface area contributed by atoms with Crippen LogP contribution in [0.15, 0.2) is 42.5 Å². The van der Waals surface area contributed by atoms with Crippen molar-refractivity contribution in [2.75, 3.05) is 10.6 Å². The smallest absolute Gasteiger partial charge is 0.337 e. The van der Waals surface area contributed by atoms with E-state index < -0.39 is 17.8 Å². The lowest BCUT2D eigenvalue weighted by atomic mass is 10.2. The quantitative estimate of drug-likeness (QED) is 0.806. The SMILES string of the molecule is O=C(Nc1ccccc1F)Nc1cc(Cl)ccc1C(=O)O. The minimum Gasteiger partial charge on any atom is -0.478 e. The van der Waals surface area contributed by atoms with Crippen molar-refractivity contribution < 1.29 is 19.1 Å². The second-order valence-corrected chi connectivity index (χ2v) is 4.49. The Labute approximate surface area is 124 Å². The minimum absolute atomic E-state index is 0.0174. The van der Waals surface area contributed by atoms with Gasteiger partial charge in [0.2, 0.25) is 0 Å². The number of hydrogen-bond acceptors (Lipinski definition) is 2. The Balaban J connectivity index is 2.18. The number of carboxylic acid groups (broad SMARTS) is 1. The summed E-state index contributed by atoms with van der Waals surface area (Å²) in [6, 6.07) is 8.80. The Kier molecular flexibility index (Phi) is 4.39.